The molecule has 1 rings (SSSR count). The minimum atomic E-state index is 0. The largest absolute Gasteiger partial charge is 0.351 e. The van der Waals surface area contributed by atoms with Crippen molar-refractivity contribution in [2.24, 2.45) is 0 Å². The van der Waals surface area contributed by atoms with E-state index < -0.39 is 0 Å². The van der Waals surface area contributed by atoms with Crippen molar-refractivity contribution in [1.29, 1.82) is 0 Å². The number of imidazole rings is 1. The van der Waals surface area contributed by atoms with E-state index in [9.17, 15) is 0 Å². The van der Waals surface area contributed by atoms with E-state index in [1.54, 1.807) is 18.7 Å². The molecule has 1 aromatic heterocycles. The number of rotatable bonds is 0. The normalized spacial score (nSPS) is 5.71. The van der Waals surface area contributed by atoms with Crippen molar-refractivity contribution in [3.63, 3.8) is 0 Å². The summed E-state index contributed by atoms with van der Waals surface area (Å²) in [6.07, 6.45) is 5.08. The molecule has 1 heterocycles. The molecule has 2 radical (unpaired) electrons. The second kappa shape index (κ2) is 6.08. The third kappa shape index (κ3) is 3.92. The Bertz CT molecular complexity index is 69.4. The molecule has 1 aromatic rings. The van der Waals surface area contributed by atoms with Crippen LogP contribution in [0.2, 0.25) is 0 Å². The van der Waals surface area contributed by atoms with Crippen LogP contribution in [0.25, 0.3) is 0 Å². The summed E-state index contributed by atoms with van der Waals surface area (Å²) in [6, 6.07) is 0. The van der Waals surface area contributed by atoms with E-state index >= 15 is 0 Å². The van der Waals surface area contributed by atoms with E-state index in [0.717, 1.165) is 0 Å². The number of nitrogens with one attached hydrogen (secondary N) is 1. The second-order valence-corrected chi connectivity index (χ2v) is 0.761. The van der Waals surface area contributed by atoms with Crippen molar-refractivity contribution < 1.29 is 0 Å². The van der Waals surface area contributed by atoms with Gasteiger partial charge < -0.3 is 18.5 Å². The van der Waals surface area contributed by atoms with Crippen LogP contribution in [0.5, 0.6) is 0 Å². The van der Waals surface area contributed by atoms with Crippen LogP contribution in [0, 0.1) is 0 Å². The number of aromatic nitrogens is 2. The van der Waals surface area contributed by atoms with Crippen LogP contribution in [0.15, 0.2) is 18.7 Å². The maximum atomic E-state index is 3.67. The zero-order valence-electron chi connectivity index (χ0n) is 3.59. The van der Waals surface area contributed by atoms with Gasteiger partial charge in [-0.15, -0.1) is 0 Å². The zero-order valence-corrected chi connectivity index (χ0v) is 6.50. The minimum Gasteiger partial charge on any atom is -0.351 e. The van der Waals surface area contributed by atoms with Crippen molar-refractivity contribution in [3.8, 4) is 0 Å². The Morgan fingerprint density at radius 3 is 2.29 bits per heavy atom. The molecule has 40 valence electrons. The van der Waals surface area contributed by atoms with E-state index in [-0.39, 0.29) is 30.6 Å². The Hall–Kier alpha value is 0.0795. The molecule has 0 aliphatic carbocycles. The molecule has 0 saturated carbocycles. The molecule has 0 fully saturated rings. The number of hydrogen-bond acceptors (Lipinski definition) is 1. The average Bonchev–Trinajstić information content (AvgIpc) is 1.76. The van der Waals surface area contributed by atoms with Crippen molar-refractivity contribution in [1.82, 2.24) is 9.97 Å². The third-order valence-electron chi connectivity index (χ3n) is 0.406. The summed E-state index contributed by atoms with van der Waals surface area (Å²) in [6.45, 7) is 0. The first-order chi connectivity index (χ1) is 2.50. The number of hydrogen-bond donors (Lipinski definition) is 1. The molecule has 0 spiro atoms. The van der Waals surface area contributed by atoms with Crippen molar-refractivity contribution >= 4 is 30.6 Å². The Morgan fingerprint density at radius 1 is 1.43 bits per heavy atom. The Morgan fingerprint density at radius 2 is 2.14 bits per heavy atom. The number of nitrogens with zero attached hydrogens (tertiary/aromatic N) is 1. The van der Waals surface area contributed by atoms with Gasteiger partial charge in [0, 0.05) is 12.4 Å². The quantitative estimate of drug-likeness (QED) is 0.536. The molecule has 7 heavy (non-hydrogen) atoms. The first kappa shape index (κ1) is 10.1. The summed E-state index contributed by atoms with van der Waals surface area (Å²) < 4.78 is 0. The van der Waals surface area contributed by atoms with Gasteiger partial charge in [-0.1, -0.05) is 0 Å². The van der Waals surface area contributed by atoms with E-state index in [0.29, 0.717) is 0 Å². The SMILES string of the molecule is [S-2].[SeH2+2].c1c[nH]cn1. The Labute approximate surface area is 59.6 Å². The molecule has 0 aliphatic rings. The van der Waals surface area contributed by atoms with Crippen LogP contribution in [0.4, 0.5) is 0 Å². The molecular formula is C3H6N2SSe. The zero-order chi connectivity index (χ0) is 3.54. The molecule has 0 atom stereocenters. The fraction of sp³-hybridized carbons (Fsp3) is 0. The molecule has 0 unspecified atom stereocenters. The van der Waals surface area contributed by atoms with Gasteiger partial charge in [0.1, 0.15) is 0 Å². The predicted octanol–water partition coefficient (Wildman–Crippen LogP) is -0.509. The maximum absolute atomic E-state index is 3.67. The average molecular weight is 181 g/mol. The summed E-state index contributed by atoms with van der Waals surface area (Å²) in [5, 5.41) is 0. The monoisotopic (exact) mass is 182 g/mol. The van der Waals surface area contributed by atoms with Gasteiger partial charge >= 0.3 is 17.1 Å². The maximum Gasteiger partial charge on any atom is 0.0919 e. The van der Waals surface area contributed by atoms with Gasteiger partial charge in [0.15, 0.2) is 0 Å². The van der Waals surface area contributed by atoms with Gasteiger partial charge in [0.05, 0.1) is 6.33 Å². The van der Waals surface area contributed by atoms with Crippen LogP contribution >= 0.6 is 0 Å². The summed E-state index contributed by atoms with van der Waals surface area (Å²) in [4.78, 5) is 6.42. The standard InChI is InChI=1S/C3H4N2.S.H2Se/c1-2-5-3-4-1;;/h1-3H,(H,4,5);;1H2/q;-2;+2. The van der Waals surface area contributed by atoms with Gasteiger partial charge in [-0.25, -0.2) is 4.98 Å². The van der Waals surface area contributed by atoms with E-state index in [4.69, 9.17) is 0 Å². The molecule has 0 amide bonds. The minimum absolute atomic E-state index is 0. The summed E-state index contributed by atoms with van der Waals surface area (Å²) in [7, 11) is 0. The molecule has 0 bridgehead atoms. The molecule has 0 aromatic carbocycles. The summed E-state index contributed by atoms with van der Waals surface area (Å²) >= 11 is 0. The topological polar surface area (TPSA) is 28.7 Å². The van der Waals surface area contributed by atoms with Crippen molar-refractivity contribution in [2.45, 2.75) is 0 Å². The van der Waals surface area contributed by atoms with Crippen LogP contribution in [0.3, 0.4) is 0 Å². The first-order valence-electron chi connectivity index (χ1n) is 1.43. The van der Waals surface area contributed by atoms with Crippen LogP contribution in [-0.4, -0.2) is 27.0 Å². The van der Waals surface area contributed by atoms with Crippen molar-refractivity contribution in [3.05, 3.63) is 18.7 Å². The number of H-pyrrole nitrogens is 1. The van der Waals surface area contributed by atoms with Gasteiger partial charge in [-0.05, 0) is 0 Å². The van der Waals surface area contributed by atoms with Gasteiger partial charge in [0.2, 0.25) is 0 Å². The summed E-state index contributed by atoms with van der Waals surface area (Å²) in [5.41, 5.74) is 0. The molecular weight excluding hydrogens is 175 g/mol. The molecule has 0 aliphatic heterocycles. The molecule has 2 nitrogen and oxygen atoms in total. The smallest absolute Gasteiger partial charge is 0.0919 e. The van der Waals surface area contributed by atoms with E-state index in [1.165, 1.54) is 0 Å². The van der Waals surface area contributed by atoms with Crippen LogP contribution in [0.1, 0.15) is 0 Å². The first-order valence-corrected chi connectivity index (χ1v) is 1.43. The summed E-state index contributed by atoms with van der Waals surface area (Å²) in [5.74, 6) is 0. The van der Waals surface area contributed by atoms with Crippen LogP contribution in [-0.2, 0) is 13.5 Å². The number of aromatic amines is 1. The fourth-order valence-corrected chi connectivity index (χ4v) is 0.215. The fourth-order valence-electron chi connectivity index (χ4n) is 0.215. The third-order valence-corrected chi connectivity index (χ3v) is 0.406. The Kier molecular flexibility index (Phi) is 8.81. The van der Waals surface area contributed by atoms with Gasteiger partial charge in [0.25, 0.3) is 0 Å². The van der Waals surface area contributed by atoms with Gasteiger partial charge in [-0.3, -0.25) is 0 Å². The second-order valence-electron chi connectivity index (χ2n) is 0.761. The van der Waals surface area contributed by atoms with E-state index in [1.807, 2.05) is 0 Å². The van der Waals surface area contributed by atoms with Crippen molar-refractivity contribution in [2.75, 3.05) is 0 Å². The Balaban J connectivity index is 0. The molecule has 4 heteroatoms. The van der Waals surface area contributed by atoms with Gasteiger partial charge in [-0.2, -0.15) is 0 Å². The molecule has 0 saturated heterocycles. The van der Waals surface area contributed by atoms with E-state index in [2.05, 4.69) is 9.97 Å². The molecule has 1 N–H and O–H groups in total. The predicted molar refractivity (Wildman–Crippen MR) is 34.5 cm³/mol. The van der Waals surface area contributed by atoms with Crippen LogP contribution < -0.4 is 0 Å².